The Morgan fingerprint density at radius 1 is 1.38 bits per heavy atom. The van der Waals surface area contributed by atoms with Crippen LogP contribution in [0.15, 0.2) is 47.6 Å². The summed E-state index contributed by atoms with van der Waals surface area (Å²) in [5.41, 5.74) is 3.68. The van der Waals surface area contributed by atoms with E-state index in [1.165, 1.54) is 0 Å². The van der Waals surface area contributed by atoms with Gasteiger partial charge in [0.15, 0.2) is 5.65 Å². The van der Waals surface area contributed by atoms with Gasteiger partial charge in [-0.3, -0.25) is 9.38 Å². The van der Waals surface area contributed by atoms with Crippen molar-refractivity contribution in [1.82, 2.24) is 14.4 Å². The molecule has 0 radical (unpaired) electrons. The van der Waals surface area contributed by atoms with E-state index in [0.717, 1.165) is 46.6 Å². The quantitative estimate of drug-likeness (QED) is 0.490. The van der Waals surface area contributed by atoms with Crippen LogP contribution in [0.4, 0.5) is 11.4 Å². The molecule has 26 heavy (non-hydrogen) atoms. The predicted octanol–water partition coefficient (Wildman–Crippen LogP) is 2.33. The van der Waals surface area contributed by atoms with E-state index in [9.17, 15) is 5.11 Å². The van der Waals surface area contributed by atoms with Crippen molar-refractivity contribution in [2.45, 2.75) is 25.4 Å². The lowest BCUT2D eigenvalue weighted by molar-refractivity contribution is 0.266. The summed E-state index contributed by atoms with van der Waals surface area (Å²) in [6, 6.07) is 6.10. The first-order chi connectivity index (χ1) is 12.7. The van der Waals surface area contributed by atoms with Crippen molar-refractivity contribution in [3.63, 3.8) is 0 Å². The van der Waals surface area contributed by atoms with Gasteiger partial charge in [0, 0.05) is 25.1 Å². The van der Waals surface area contributed by atoms with Crippen LogP contribution < -0.4 is 15.8 Å². The van der Waals surface area contributed by atoms with Gasteiger partial charge in [-0.25, -0.2) is 10.8 Å². The topological polar surface area (TPSA) is 82.9 Å². The number of fused-ring (bicyclic) bond motifs is 1. The molecule has 3 aromatic rings. The number of hydrogen-bond donors (Lipinski definition) is 2. The monoisotopic (exact) mass is 416 g/mol. The molecule has 0 amide bonds. The highest BCUT2D eigenvalue weighted by atomic mass is 79.9. The number of anilines is 2. The summed E-state index contributed by atoms with van der Waals surface area (Å²) in [7, 11) is 0. The molecular formula is C18H21BrN6O. The van der Waals surface area contributed by atoms with E-state index in [2.05, 4.69) is 36.9 Å². The van der Waals surface area contributed by atoms with Crippen LogP contribution in [0.1, 0.15) is 18.4 Å². The fourth-order valence-corrected chi connectivity index (χ4v) is 3.91. The fraction of sp³-hybridized carbons (Fsp3) is 0.333. The molecule has 1 aliphatic heterocycles. The summed E-state index contributed by atoms with van der Waals surface area (Å²) in [4.78, 5) is 10.9. The Balaban J connectivity index is 1.75. The second-order valence-electron chi connectivity index (χ2n) is 6.52. The summed E-state index contributed by atoms with van der Waals surface area (Å²) in [6.07, 6.45) is 9.44. The van der Waals surface area contributed by atoms with E-state index < -0.39 is 0 Å². The number of aliphatic hydroxyl groups is 1. The second-order valence-corrected chi connectivity index (χ2v) is 7.33. The van der Waals surface area contributed by atoms with Gasteiger partial charge < -0.3 is 15.0 Å². The van der Waals surface area contributed by atoms with E-state index >= 15 is 0 Å². The lowest BCUT2D eigenvalue weighted by Crippen LogP contribution is -2.34. The molecule has 3 N–H and O–H groups in total. The predicted molar refractivity (Wildman–Crippen MR) is 105 cm³/mol. The molecule has 136 valence electrons. The van der Waals surface area contributed by atoms with E-state index in [0.29, 0.717) is 6.54 Å². The third-order valence-corrected chi connectivity index (χ3v) is 5.42. The zero-order valence-corrected chi connectivity index (χ0v) is 15.9. The molecule has 3 aromatic heterocycles. The smallest absolute Gasteiger partial charge is 0.162 e. The summed E-state index contributed by atoms with van der Waals surface area (Å²) in [5.74, 6) is 6.41. The number of rotatable bonds is 5. The number of aromatic nitrogens is 3. The normalized spacial score (nSPS) is 17.2. The van der Waals surface area contributed by atoms with Crippen molar-refractivity contribution in [3.05, 3.63) is 53.2 Å². The highest BCUT2D eigenvalue weighted by Gasteiger charge is 2.26. The molecule has 1 fully saturated rings. The molecule has 0 aliphatic carbocycles. The maximum absolute atomic E-state index is 9.69. The number of halogens is 1. The van der Waals surface area contributed by atoms with Crippen LogP contribution in [0.25, 0.3) is 5.65 Å². The number of nitrogens with zero attached hydrogens (tertiary/aromatic N) is 5. The molecular weight excluding hydrogens is 396 g/mol. The molecule has 1 aliphatic rings. The largest absolute Gasteiger partial charge is 0.394 e. The third kappa shape index (κ3) is 3.15. The molecule has 4 rings (SSSR count). The van der Waals surface area contributed by atoms with Gasteiger partial charge in [0.2, 0.25) is 0 Å². The lowest BCUT2D eigenvalue weighted by Gasteiger charge is -2.27. The molecule has 0 bridgehead atoms. The fourth-order valence-electron chi connectivity index (χ4n) is 3.53. The molecule has 7 nitrogen and oxygen atoms in total. The number of nitrogens with two attached hydrogens (primary N) is 1. The molecule has 1 atom stereocenters. The Morgan fingerprint density at radius 3 is 3.04 bits per heavy atom. The van der Waals surface area contributed by atoms with Gasteiger partial charge in [0.1, 0.15) is 4.60 Å². The van der Waals surface area contributed by atoms with Crippen molar-refractivity contribution < 1.29 is 5.11 Å². The Bertz CT molecular complexity index is 899. The van der Waals surface area contributed by atoms with Gasteiger partial charge >= 0.3 is 0 Å². The minimum Gasteiger partial charge on any atom is -0.394 e. The number of hydrazine groups is 1. The van der Waals surface area contributed by atoms with E-state index in [-0.39, 0.29) is 12.6 Å². The molecule has 8 heteroatoms. The van der Waals surface area contributed by atoms with Crippen LogP contribution >= 0.6 is 15.9 Å². The van der Waals surface area contributed by atoms with Gasteiger partial charge in [-0.1, -0.05) is 6.07 Å². The number of aliphatic hydroxyl groups excluding tert-OH is 1. The molecule has 0 unspecified atom stereocenters. The maximum atomic E-state index is 9.69. The highest BCUT2D eigenvalue weighted by Crippen LogP contribution is 2.32. The molecule has 0 saturated carbocycles. The summed E-state index contributed by atoms with van der Waals surface area (Å²) in [5, 5.41) is 11.4. The van der Waals surface area contributed by atoms with Crippen molar-refractivity contribution in [1.29, 1.82) is 0 Å². The van der Waals surface area contributed by atoms with Crippen molar-refractivity contribution in [3.8, 4) is 0 Å². The van der Waals surface area contributed by atoms with Crippen LogP contribution in [-0.4, -0.2) is 38.7 Å². The van der Waals surface area contributed by atoms with Gasteiger partial charge in [0.05, 0.1) is 36.8 Å². The van der Waals surface area contributed by atoms with Gasteiger partial charge in [-0.15, -0.1) is 0 Å². The van der Waals surface area contributed by atoms with Crippen LogP contribution in [0, 0.1) is 0 Å². The Morgan fingerprint density at radius 2 is 2.27 bits per heavy atom. The third-order valence-electron chi connectivity index (χ3n) is 4.83. The Labute approximate surface area is 160 Å². The molecule has 0 aromatic carbocycles. The number of hydrogen-bond acceptors (Lipinski definition) is 6. The zero-order valence-electron chi connectivity index (χ0n) is 14.3. The SMILES string of the molecule is NN(Cc1cccnc1)c1cc(N2CCC[C@@H]2CO)cn2c(Br)cnc12. The van der Waals surface area contributed by atoms with Crippen LogP contribution in [0.5, 0.6) is 0 Å². The minimum absolute atomic E-state index is 0.146. The first kappa shape index (κ1) is 17.3. The summed E-state index contributed by atoms with van der Waals surface area (Å²) < 4.78 is 2.85. The molecule has 1 saturated heterocycles. The average Bonchev–Trinajstić information content (AvgIpc) is 3.28. The van der Waals surface area contributed by atoms with Gasteiger partial charge in [0.25, 0.3) is 0 Å². The summed E-state index contributed by atoms with van der Waals surface area (Å²) in [6.45, 7) is 1.61. The first-order valence-corrected chi connectivity index (χ1v) is 9.42. The molecule has 0 spiro atoms. The number of pyridine rings is 2. The lowest BCUT2D eigenvalue weighted by atomic mass is 10.2. The standard InChI is InChI=1S/C18H21BrN6O/c19-17-9-22-18-16(25(20)10-13-3-1-5-21-8-13)7-15(11-24(17)18)23-6-2-4-14(23)12-26/h1,3,5,7-9,11,14,26H,2,4,6,10,12,20H2/t14-/m1/s1. The number of imidazole rings is 1. The maximum Gasteiger partial charge on any atom is 0.162 e. The van der Waals surface area contributed by atoms with Gasteiger partial charge in [-0.05, 0) is 46.5 Å². The second kappa shape index (κ2) is 7.22. The van der Waals surface area contributed by atoms with Crippen molar-refractivity contribution in [2.24, 2.45) is 5.84 Å². The Kier molecular flexibility index (Phi) is 4.80. The minimum atomic E-state index is 0.146. The van der Waals surface area contributed by atoms with Crippen LogP contribution in [-0.2, 0) is 6.54 Å². The van der Waals surface area contributed by atoms with E-state index in [1.807, 2.05) is 28.9 Å². The molecule has 4 heterocycles. The van der Waals surface area contributed by atoms with Crippen molar-refractivity contribution in [2.75, 3.05) is 23.1 Å². The highest BCUT2D eigenvalue weighted by molar-refractivity contribution is 9.10. The first-order valence-electron chi connectivity index (χ1n) is 8.62. The van der Waals surface area contributed by atoms with Crippen LogP contribution in [0.2, 0.25) is 0 Å². The average molecular weight is 417 g/mol. The van der Waals surface area contributed by atoms with Gasteiger partial charge in [-0.2, -0.15) is 0 Å². The van der Waals surface area contributed by atoms with Crippen molar-refractivity contribution >= 4 is 33.0 Å². The van der Waals surface area contributed by atoms with E-state index in [1.54, 1.807) is 17.4 Å². The zero-order chi connectivity index (χ0) is 18.1. The van der Waals surface area contributed by atoms with E-state index in [4.69, 9.17) is 5.84 Å². The van der Waals surface area contributed by atoms with Crippen LogP contribution in [0.3, 0.4) is 0 Å². The Hall–Kier alpha value is -2.16. The summed E-state index contributed by atoms with van der Waals surface area (Å²) >= 11 is 3.56.